The highest BCUT2D eigenvalue weighted by molar-refractivity contribution is 7.98. The molecule has 0 aliphatic carbocycles. The van der Waals surface area contributed by atoms with Crippen molar-refractivity contribution in [2.75, 3.05) is 6.26 Å². The lowest BCUT2D eigenvalue weighted by Gasteiger charge is -2.11. The number of hydrogen-bond donors (Lipinski definition) is 0. The SMILES string of the molecule is CSc1cc(Cl)c(-c2ccc(Cl)c(Cl)c2Cl)cc1Cl. The molecule has 0 aromatic heterocycles. The molecule has 0 aliphatic rings. The lowest BCUT2D eigenvalue weighted by Crippen LogP contribution is -1.85. The van der Waals surface area contributed by atoms with Gasteiger partial charge in [-0.2, -0.15) is 0 Å². The Labute approximate surface area is 140 Å². The number of benzene rings is 2. The number of rotatable bonds is 2. The fourth-order valence-electron chi connectivity index (χ4n) is 1.63. The van der Waals surface area contributed by atoms with E-state index in [2.05, 4.69) is 0 Å². The summed E-state index contributed by atoms with van der Waals surface area (Å²) in [6.07, 6.45) is 1.93. The molecule has 0 heterocycles. The van der Waals surface area contributed by atoms with Crippen molar-refractivity contribution in [1.82, 2.24) is 0 Å². The van der Waals surface area contributed by atoms with Gasteiger partial charge in [0.1, 0.15) is 0 Å². The molecule has 19 heavy (non-hydrogen) atoms. The third-order valence-corrected chi connectivity index (χ3v) is 5.38. The Morgan fingerprint density at radius 3 is 2.05 bits per heavy atom. The first-order valence-corrected chi connectivity index (χ1v) is 8.24. The molecule has 0 unspecified atom stereocenters. The van der Waals surface area contributed by atoms with Crippen molar-refractivity contribution >= 4 is 69.8 Å². The largest absolute Gasteiger partial charge is 0.128 e. The summed E-state index contributed by atoms with van der Waals surface area (Å²) in [4.78, 5) is 0.909. The lowest BCUT2D eigenvalue weighted by molar-refractivity contribution is 1.46. The molecule has 0 atom stereocenters. The molecular weight excluding hydrogens is 365 g/mol. The second kappa shape index (κ2) is 6.34. The van der Waals surface area contributed by atoms with E-state index in [0.717, 1.165) is 10.5 Å². The highest BCUT2D eigenvalue weighted by Gasteiger charge is 2.15. The Kier molecular flexibility index (Phi) is 5.21. The van der Waals surface area contributed by atoms with Gasteiger partial charge in [-0.3, -0.25) is 0 Å². The van der Waals surface area contributed by atoms with Crippen LogP contribution in [0.3, 0.4) is 0 Å². The van der Waals surface area contributed by atoms with Crippen molar-refractivity contribution < 1.29 is 0 Å². The molecule has 2 aromatic rings. The molecule has 100 valence electrons. The van der Waals surface area contributed by atoms with E-state index in [-0.39, 0.29) is 0 Å². The molecule has 0 saturated carbocycles. The zero-order valence-corrected chi connectivity index (χ0v) is 14.2. The predicted molar refractivity (Wildman–Crippen MR) is 88.7 cm³/mol. The van der Waals surface area contributed by atoms with Gasteiger partial charge in [-0.1, -0.05) is 64.1 Å². The fourth-order valence-corrected chi connectivity index (χ4v) is 3.48. The summed E-state index contributed by atoms with van der Waals surface area (Å²) in [5, 5.41) is 2.26. The average molecular weight is 373 g/mol. The molecule has 0 nitrogen and oxygen atoms in total. The molecule has 0 N–H and O–H groups in total. The molecule has 0 saturated heterocycles. The van der Waals surface area contributed by atoms with E-state index in [4.69, 9.17) is 58.0 Å². The van der Waals surface area contributed by atoms with E-state index in [1.54, 1.807) is 18.2 Å². The van der Waals surface area contributed by atoms with Gasteiger partial charge in [0.25, 0.3) is 0 Å². The van der Waals surface area contributed by atoms with Crippen LogP contribution in [0, 0.1) is 0 Å². The molecule has 2 rings (SSSR count). The summed E-state index contributed by atoms with van der Waals surface area (Å²) < 4.78 is 0. The van der Waals surface area contributed by atoms with Crippen LogP contribution in [0.4, 0.5) is 0 Å². The normalized spacial score (nSPS) is 10.8. The first-order chi connectivity index (χ1) is 8.95. The summed E-state index contributed by atoms with van der Waals surface area (Å²) in [6.45, 7) is 0. The van der Waals surface area contributed by atoms with E-state index in [9.17, 15) is 0 Å². The van der Waals surface area contributed by atoms with E-state index < -0.39 is 0 Å². The average Bonchev–Trinajstić information content (AvgIpc) is 2.39. The van der Waals surface area contributed by atoms with Crippen molar-refractivity contribution in [2.45, 2.75) is 4.90 Å². The van der Waals surface area contributed by atoms with Gasteiger partial charge < -0.3 is 0 Å². The number of thioether (sulfide) groups is 1. The van der Waals surface area contributed by atoms with E-state index in [0.29, 0.717) is 30.7 Å². The zero-order valence-electron chi connectivity index (χ0n) is 9.61. The van der Waals surface area contributed by atoms with Crippen molar-refractivity contribution in [3.63, 3.8) is 0 Å². The lowest BCUT2D eigenvalue weighted by atomic mass is 10.1. The van der Waals surface area contributed by atoms with Gasteiger partial charge in [0.05, 0.1) is 20.1 Å². The minimum absolute atomic E-state index is 0.307. The maximum Gasteiger partial charge on any atom is 0.0784 e. The van der Waals surface area contributed by atoms with Crippen LogP contribution in [0.15, 0.2) is 29.2 Å². The van der Waals surface area contributed by atoms with E-state index >= 15 is 0 Å². The van der Waals surface area contributed by atoms with Crippen LogP contribution in [0.1, 0.15) is 0 Å². The minimum Gasteiger partial charge on any atom is -0.128 e. The van der Waals surface area contributed by atoms with Crippen LogP contribution in [0.25, 0.3) is 11.1 Å². The Balaban J connectivity index is 2.66. The monoisotopic (exact) mass is 370 g/mol. The molecule has 0 aliphatic heterocycles. The van der Waals surface area contributed by atoms with Crippen LogP contribution in [-0.2, 0) is 0 Å². The summed E-state index contributed by atoms with van der Waals surface area (Å²) in [5.74, 6) is 0. The topological polar surface area (TPSA) is 0 Å². The smallest absolute Gasteiger partial charge is 0.0784 e. The van der Waals surface area contributed by atoms with Crippen molar-refractivity contribution in [2.24, 2.45) is 0 Å². The highest BCUT2D eigenvalue weighted by atomic mass is 35.5. The molecule has 0 radical (unpaired) electrons. The zero-order chi connectivity index (χ0) is 14.2. The Morgan fingerprint density at radius 2 is 1.42 bits per heavy atom. The van der Waals surface area contributed by atoms with Crippen LogP contribution < -0.4 is 0 Å². The number of hydrogen-bond acceptors (Lipinski definition) is 1. The predicted octanol–water partition coefficient (Wildman–Crippen LogP) is 7.34. The Hall–Kier alpha value is 0.240. The molecule has 0 fully saturated rings. The van der Waals surface area contributed by atoms with E-state index in [1.807, 2.05) is 12.3 Å². The Morgan fingerprint density at radius 1 is 0.737 bits per heavy atom. The van der Waals surface area contributed by atoms with Crippen LogP contribution >= 0.6 is 69.8 Å². The second-order valence-corrected chi connectivity index (χ2v) is 6.52. The molecule has 6 heteroatoms. The summed E-state index contributed by atoms with van der Waals surface area (Å²) in [6, 6.07) is 7.04. The second-order valence-electron chi connectivity index (χ2n) is 3.69. The van der Waals surface area contributed by atoms with Gasteiger partial charge in [0.2, 0.25) is 0 Å². The first kappa shape index (κ1) is 15.6. The summed E-state index contributed by atoms with van der Waals surface area (Å²) >= 11 is 32.2. The summed E-state index contributed by atoms with van der Waals surface area (Å²) in [5.41, 5.74) is 1.43. The third-order valence-electron chi connectivity index (χ3n) is 2.57. The standard InChI is InChI=1S/C13H7Cl5S/c1-19-11-5-9(15)7(4-10(11)16)6-2-3-8(14)13(18)12(6)17/h2-5H,1H3. The highest BCUT2D eigenvalue weighted by Crippen LogP contribution is 2.42. The summed E-state index contributed by atoms with van der Waals surface area (Å²) in [7, 11) is 0. The molecule has 2 aromatic carbocycles. The van der Waals surface area contributed by atoms with Gasteiger partial charge in [-0.15, -0.1) is 11.8 Å². The minimum atomic E-state index is 0.307. The van der Waals surface area contributed by atoms with Gasteiger partial charge in [0, 0.05) is 21.0 Å². The fraction of sp³-hybridized carbons (Fsp3) is 0.0769. The van der Waals surface area contributed by atoms with Crippen molar-refractivity contribution in [3.05, 3.63) is 49.4 Å². The van der Waals surface area contributed by atoms with Gasteiger partial charge in [0.15, 0.2) is 0 Å². The maximum atomic E-state index is 6.27. The van der Waals surface area contributed by atoms with Gasteiger partial charge in [-0.05, 0) is 24.5 Å². The number of halogens is 5. The Bertz CT molecular complexity index is 639. The van der Waals surface area contributed by atoms with Crippen molar-refractivity contribution in [1.29, 1.82) is 0 Å². The molecule has 0 spiro atoms. The molecular formula is C13H7Cl5S. The maximum absolute atomic E-state index is 6.27. The van der Waals surface area contributed by atoms with Gasteiger partial charge in [-0.25, -0.2) is 0 Å². The molecule has 0 bridgehead atoms. The van der Waals surface area contributed by atoms with E-state index in [1.165, 1.54) is 11.8 Å². The molecule has 0 amide bonds. The quantitative estimate of drug-likeness (QED) is 0.392. The van der Waals surface area contributed by atoms with Crippen LogP contribution in [0.5, 0.6) is 0 Å². The van der Waals surface area contributed by atoms with Gasteiger partial charge >= 0.3 is 0 Å². The first-order valence-electron chi connectivity index (χ1n) is 5.12. The van der Waals surface area contributed by atoms with Crippen molar-refractivity contribution in [3.8, 4) is 11.1 Å². The van der Waals surface area contributed by atoms with Crippen LogP contribution in [0.2, 0.25) is 25.1 Å². The third kappa shape index (κ3) is 3.12. The van der Waals surface area contributed by atoms with Crippen LogP contribution in [-0.4, -0.2) is 6.26 Å².